The molecule has 0 radical (unpaired) electrons. The Morgan fingerprint density at radius 1 is 1.19 bits per heavy atom. The van der Waals surface area contributed by atoms with Crippen molar-refractivity contribution in [2.45, 2.75) is 11.3 Å². The van der Waals surface area contributed by atoms with E-state index in [4.69, 9.17) is 21.1 Å². The third-order valence-electron chi connectivity index (χ3n) is 4.05. The van der Waals surface area contributed by atoms with Crippen LogP contribution in [0.25, 0.3) is 0 Å². The van der Waals surface area contributed by atoms with Crippen LogP contribution in [0.3, 0.4) is 0 Å². The van der Waals surface area contributed by atoms with Gasteiger partial charge >= 0.3 is 5.97 Å². The van der Waals surface area contributed by atoms with Gasteiger partial charge in [-0.25, -0.2) is 12.7 Å². The summed E-state index contributed by atoms with van der Waals surface area (Å²) < 4.78 is 35.8. The summed E-state index contributed by atoms with van der Waals surface area (Å²) in [6, 6.07) is 10.8. The van der Waals surface area contributed by atoms with Crippen molar-refractivity contribution in [3.8, 4) is 5.75 Å². The number of rotatable bonds is 6. The fourth-order valence-electron chi connectivity index (χ4n) is 2.79. The summed E-state index contributed by atoms with van der Waals surface area (Å²) in [4.78, 5) is 24.3. The topological polar surface area (TPSA) is 90.0 Å². The molecule has 0 bridgehead atoms. The van der Waals surface area contributed by atoms with Crippen LogP contribution in [0.4, 0.5) is 0 Å². The van der Waals surface area contributed by atoms with Gasteiger partial charge in [-0.3, -0.25) is 9.59 Å². The van der Waals surface area contributed by atoms with E-state index in [-0.39, 0.29) is 30.0 Å². The van der Waals surface area contributed by atoms with E-state index in [1.165, 1.54) is 19.2 Å². The molecule has 142 valence electrons. The Kier molecular flexibility index (Phi) is 5.38. The molecule has 2 aromatic rings. The highest BCUT2D eigenvalue weighted by atomic mass is 35.5. The Hall–Kier alpha value is -2.58. The lowest BCUT2D eigenvalue weighted by Gasteiger charge is -2.15. The molecule has 0 atom stereocenters. The molecule has 2 aromatic carbocycles. The Morgan fingerprint density at radius 3 is 2.63 bits per heavy atom. The fraction of sp³-hybridized carbons (Fsp3) is 0.222. The molecule has 27 heavy (non-hydrogen) atoms. The van der Waals surface area contributed by atoms with Gasteiger partial charge in [-0.1, -0.05) is 23.7 Å². The molecule has 0 aromatic heterocycles. The van der Waals surface area contributed by atoms with E-state index >= 15 is 0 Å². The first-order valence-electron chi connectivity index (χ1n) is 7.98. The van der Waals surface area contributed by atoms with Gasteiger partial charge in [-0.15, -0.1) is 0 Å². The highest BCUT2D eigenvalue weighted by Crippen LogP contribution is 2.29. The largest absolute Gasteiger partial charge is 0.496 e. The Bertz CT molecular complexity index is 1000. The number of halogens is 1. The summed E-state index contributed by atoms with van der Waals surface area (Å²) in [6.07, 6.45) is -0.0926. The zero-order valence-corrected chi connectivity index (χ0v) is 15.9. The number of benzene rings is 2. The molecule has 0 saturated carbocycles. The first-order valence-corrected chi connectivity index (χ1v) is 9.80. The van der Waals surface area contributed by atoms with Gasteiger partial charge in [0.1, 0.15) is 17.3 Å². The standard InChI is InChI=1S/C18H16ClNO6S/c1-25-15-7-6-13(19)10-12(15)11-17(21)26-9-8-20-18(22)14-4-2-3-5-16(14)27(20,23)24/h2-7,10H,8-9,11H2,1H3. The third kappa shape index (κ3) is 3.77. The monoisotopic (exact) mass is 409 g/mol. The first kappa shape index (κ1) is 19.2. The SMILES string of the molecule is COc1ccc(Cl)cc1CC(=O)OCCN1C(=O)c2ccccc2S1(=O)=O. The smallest absolute Gasteiger partial charge is 0.310 e. The number of methoxy groups -OCH3 is 1. The van der Waals surface area contributed by atoms with Gasteiger partial charge in [0.25, 0.3) is 15.9 Å². The van der Waals surface area contributed by atoms with Crippen LogP contribution in [0.15, 0.2) is 47.4 Å². The Morgan fingerprint density at radius 2 is 1.93 bits per heavy atom. The lowest BCUT2D eigenvalue weighted by atomic mass is 10.1. The second-order valence-electron chi connectivity index (χ2n) is 5.73. The number of amides is 1. The van der Waals surface area contributed by atoms with Crippen molar-refractivity contribution in [2.24, 2.45) is 0 Å². The van der Waals surface area contributed by atoms with Crippen LogP contribution in [-0.4, -0.2) is 44.9 Å². The average molecular weight is 410 g/mol. The van der Waals surface area contributed by atoms with E-state index in [9.17, 15) is 18.0 Å². The summed E-state index contributed by atoms with van der Waals surface area (Å²) in [5, 5.41) is 0.449. The molecule has 1 heterocycles. The number of carbonyl (C=O) groups excluding carboxylic acids is 2. The summed E-state index contributed by atoms with van der Waals surface area (Å²) in [5.74, 6) is -0.723. The molecule has 0 unspecified atom stereocenters. The van der Waals surface area contributed by atoms with E-state index in [0.717, 1.165) is 0 Å². The van der Waals surface area contributed by atoms with Crippen LogP contribution in [0.1, 0.15) is 15.9 Å². The molecule has 1 amide bonds. The molecule has 0 fully saturated rings. The molecule has 0 N–H and O–H groups in total. The fourth-order valence-corrected chi connectivity index (χ4v) is 4.53. The van der Waals surface area contributed by atoms with Crippen LogP contribution in [-0.2, 0) is 26.0 Å². The number of esters is 1. The minimum Gasteiger partial charge on any atom is -0.496 e. The van der Waals surface area contributed by atoms with Crippen molar-refractivity contribution in [1.29, 1.82) is 0 Å². The van der Waals surface area contributed by atoms with Crippen LogP contribution >= 0.6 is 11.6 Å². The quantitative estimate of drug-likeness (QED) is 0.680. The summed E-state index contributed by atoms with van der Waals surface area (Å²) in [7, 11) is -2.44. The van der Waals surface area contributed by atoms with Gasteiger partial charge in [0.2, 0.25) is 0 Å². The van der Waals surface area contributed by atoms with Gasteiger partial charge in [-0.2, -0.15) is 0 Å². The molecule has 0 spiro atoms. The minimum atomic E-state index is -3.91. The maximum absolute atomic E-state index is 12.4. The van der Waals surface area contributed by atoms with Crippen molar-refractivity contribution in [3.05, 3.63) is 58.6 Å². The van der Waals surface area contributed by atoms with Crippen molar-refractivity contribution in [3.63, 3.8) is 0 Å². The molecule has 0 aliphatic carbocycles. The number of nitrogens with zero attached hydrogens (tertiary/aromatic N) is 1. The molecular weight excluding hydrogens is 394 g/mol. The Balaban J connectivity index is 1.62. The van der Waals surface area contributed by atoms with E-state index < -0.39 is 21.9 Å². The van der Waals surface area contributed by atoms with Gasteiger partial charge in [0.05, 0.1) is 25.6 Å². The molecule has 1 aliphatic rings. The predicted octanol–water partition coefficient (Wildman–Crippen LogP) is 2.28. The number of carbonyl (C=O) groups is 2. The molecule has 7 nitrogen and oxygen atoms in total. The van der Waals surface area contributed by atoms with Gasteiger partial charge in [0, 0.05) is 10.6 Å². The van der Waals surface area contributed by atoms with Crippen molar-refractivity contribution in [2.75, 3.05) is 20.3 Å². The lowest BCUT2D eigenvalue weighted by molar-refractivity contribution is -0.142. The molecule has 1 aliphatic heterocycles. The summed E-state index contributed by atoms with van der Waals surface area (Å²) in [6.45, 7) is -0.505. The van der Waals surface area contributed by atoms with Crippen molar-refractivity contribution in [1.82, 2.24) is 4.31 Å². The summed E-state index contributed by atoms with van der Waals surface area (Å²) >= 11 is 5.92. The van der Waals surface area contributed by atoms with Crippen LogP contribution in [0.5, 0.6) is 5.75 Å². The van der Waals surface area contributed by atoms with Gasteiger partial charge < -0.3 is 9.47 Å². The van der Waals surface area contributed by atoms with Crippen LogP contribution < -0.4 is 4.74 Å². The maximum Gasteiger partial charge on any atom is 0.310 e. The first-order chi connectivity index (χ1) is 12.8. The van der Waals surface area contributed by atoms with Crippen LogP contribution in [0.2, 0.25) is 5.02 Å². The second kappa shape index (κ2) is 7.58. The van der Waals surface area contributed by atoms with Crippen molar-refractivity contribution >= 4 is 33.5 Å². The predicted molar refractivity (Wildman–Crippen MR) is 97.3 cm³/mol. The van der Waals surface area contributed by atoms with E-state index in [2.05, 4.69) is 0 Å². The zero-order valence-electron chi connectivity index (χ0n) is 14.3. The average Bonchev–Trinajstić information content (AvgIpc) is 2.83. The maximum atomic E-state index is 12.4. The summed E-state index contributed by atoms with van der Waals surface area (Å²) in [5.41, 5.74) is 0.666. The number of hydrogen-bond donors (Lipinski definition) is 0. The number of fused-ring (bicyclic) bond motifs is 1. The van der Waals surface area contributed by atoms with E-state index in [0.29, 0.717) is 20.6 Å². The Labute approximate surface area is 161 Å². The van der Waals surface area contributed by atoms with E-state index in [1.54, 1.807) is 30.3 Å². The third-order valence-corrected chi connectivity index (χ3v) is 6.12. The molecule has 0 saturated heterocycles. The van der Waals surface area contributed by atoms with Crippen molar-refractivity contribution < 1.29 is 27.5 Å². The van der Waals surface area contributed by atoms with Crippen LogP contribution in [0, 0.1) is 0 Å². The highest BCUT2D eigenvalue weighted by Gasteiger charge is 2.40. The zero-order chi connectivity index (χ0) is 19.6. The highest BCUT2D eigenvalue weighted by molar-refractivity contribution is 7.90. The van der Waals surface area contributed by atoms with Gasteiger partial charge in [-0.05, 0) is 30.3 Å². The molecular formula is C18H16ClNO6S. The van der Waals surface area contributed by atoms with E-state index in [1.807, 2.05) is 0 Å². The normalized spacial score (nSPS) is 14.7. The number of hydrogen-bond acceptors (Lipinski definition) is 6. The minimum absolute atomic E-state index is 0.0370. The number of sulfonamides is 1. The second-order valence-corrected chi connectivity index (χ2v) is 8.00. The van der Waals surface area contributed by atoms with Gasteiger partial charge in [0.15, 0.2) is 0 Å². The molecule has 3 rings (SSSR count). The number of ether oxygens (including phenoxy) is 2. The molecule has 9 heteroatoms. The lowest BCUT2D eigenvalue weighted by Crippen LogP contribution is -2.33.